The van der Waals surface area contributed by atoms with E-state index in [1.54, 1.807) is 0 Å². The largest absolute Gasteiger partial charge is 0.381 e. The molecule has 2 heterocycles. The molecule has 3 rings (SSSR count). The highest BCUT2D eigenvalue weighted by Crippen LogP contribution is 2.36. The van der Waals surface area contributed by atoms with Gasteiger partial charge in [-0.05, 0) is 59.8 Å². The van der Waals surface area contributed by atoms with Gasteiger partial charge in [0.1, 0.15) is 0 Å². The summed E-state index contributed by atoms with van der Waals surface area (Å²) in [7, 11) is 0. The van der Waals surface area contributed by atoms with Crippen LogP contribution in [0.5, 0.6) is 0 Å². The molecular formula is C15H19Br2NO2. The van der Waals surface area contributed by atoms with E-state index in [0.29, 0.717) is 6.04 Å². The van der Waals surface area contributed by atoms with Gasteiger partial charge >= 0.3 is 0 Å². The fraction of sp³-hybridized carbons (Fsp3) is 0.600. The molecule has 1 unspecified atom stereocenters. The van der Waals surface area contributed by atoms with Gasteiger partial charge in [-0.15, -0.1) is 0 Å². The Kier molecular flexibility index (Phi) is 4.70. The highest BCUT2D eigenvalue weighted by Gasteiger charge is 2.39. The van der Waals surface area contributed by atoms with Crippen LogP contribution in [0.3, 0.4) is 0 Å². The van der Waals surface area contributed by atoms with Gasteiger partial charge in [0.25, 0.3) is 0 Å². The Labute approximate surface area is 136 Å². The second-order valence-corrected chi connectivity index (χ2v) is 7.37. The molecule has 0 bridgehead atoms. The lowest BCUT2D eigenvalue weighted by Gasteiger charge is -2.43. The number of benzene rings is 1. The van der Waals surface area contributed by atoms with Crippen LogP contribution in [0.1, 0.15) is 25.7 Å². The average molecular weight is 405 g/mol. The Hall–Kier alpha value is -0.100. The molecule has 2 fully saturated rings. The zero-order valence-corrected chi connectivity index (χ0v) is 14.5. The van der Waals surface area contributed by atoms with Gasteiger partial charge in [0.2, 0.25) is 0 Å². The first kappa shape index (κ1) is 14.8. The van der Waals surface area contributed by atoms with E-state index < -0.39 is 0 Å². The van der Waals surface area contributed by atoms with Crippen molar-refractivity contribution in [2.45, 2.75) is 37.3 Å². The normalized spacial score (nSPS) is 25.6. The minimum atomic E-state index is 0.0377. The van der Waals surface area contributed by atoms with Gasteiger partial charge in [0.15, 0.2) is 0 Å². The first-order chi connectivity index (χ1) is 9.67. The third-order valence-electron chi connectivity index (χ3n) is 4.19. The minimum absolute atomic E-state index is 0.0377. The van der Waals surface area contributed by atoms with Crippen molar-refractivity contribution in [1.82, 2.24) is 0 Å². The molecule has 110 valence electrons. The molecule has 0 aromatic heterocycles. The van der Waals surface area contributed by atoms with Gasteiger partial charge in [-0.1, -0.05) is 15.9 Å². The molecule has 3 nitrogen and oxygen atoms in total. The van der Waals surface area contributed by atoms with E-state index in [0.717, 1.165) is 60.1 Å². The highest BCUT2D eigenvalue weighted by atomic mass is 79.9. The minimum Gasteiger partial charge on any atom is -0.381 e. The molecule has 5 heteroatoms. The van der Waals surface area contributed by atoms with Crippen molar-refractivity contribution in [1.29, 1.82) is 0 Å². The molecule has 20 heavy (non-hydrogen) atoms. The molecule has 1 atom stereocenters. The lowest BCUT2D eigenvalue weighted by atomic mass is 9.84. The van der Waals surface area contributed by atoms with E-state index in [9.17, 15) is 0 Å². The standard InChI is InChI=1S/C15H19Br2NO2/c16-11-1-2-14(13(17)9-11)18-12-3-6-20-15(10-12)4-7-19-8-5-15/h1-2,9,12,18H,3-8,10H2. The number of hydrogen-bond acceptors (Lipinski definition) is 3. The summed E-state index contributed by atoms with van der Waals surface area (Å²) in [4.78, 5) is 0. The maximum Gasteiger partial charge on any atom is 0.0745 e. The van der Waals surface area contributed by atoms with Gasteiger partial charge in [-0.2, -0.15) is 0 Å². The zero-order valence-electron chi connectivity index (χ0n) is 11.3. The maximum absolute atomic E-state index is 6.08. The van der Waals surface area contributed by atoms with E-state index in [1.165, 1.54) is 0 Å². The Morgan fingerprint density at radius 3 is 2.70 bits per heavy atom. The van der Waals surface area contributed by atoms with Gasteiger partial charge in [0, 0.05) is 40.5 Å². The molecule has 0 radical (unpaired) electrons. The van der Waals surface area contributed by atoms with Gasteiger partial charge in [0.05, 0.1) is 5.60 Å². The lowest BCUT2D eigenvalue weighted by molar-refractivity contribution is -0.135. The molecule has 1 aromatic carbocycles. The van der Waals surface area contributed by atoms with E-state index in [1.807, 2.05) is 0 Å². The molecule has 0 amide bonds. The summed E-state index contributed by atoms with van der Waals surface area (Å²) in [5.74, 6) is 0. The molecule has 2 saturated heterocycles. The Balaban J connectivity index is 1.68. The van der Waals surface area contributed by atoms with Crippen molar-refractivity contribution < 1.29 is 9.47 Å². The van der Waals surface area contributed by atoms with Crippen LogP contribution in [-0.4, -0.2) is 31.5 Å². The summed E-state index contributed by atoms with van der Waals surface area (Å²) in [6.45, 7) is 2.50. The van der Waals surface area contributed by atoms with Crippen molar-refractivity contribution in [3.05, 3.63) is 27.1 Å². The van der Waals surface area contributed by atoms with Crippen LogP contribution in [0.25, 0.3) is 0 Å². The van der Waals surface area contributed by atoms with Crippen molar-refractivity contribution in [2.24, 2.45) is 0 Å². The predicted molar refractivity (Wildman–Crippen MR) is 87.2 cm³/mol. The molecular weight excluding hydrogens is 386 g/mol. The van der Waals surface area contributed by atoms with E-state index in [2.05, 4.69) is 55.4 Å². The topological polar surface area (TPSA) is 30.5 Å². The SMILES string of the molecule is Brc1ccc(NC2CCOC3(CCOCC3)C2)c(Br)c1. The quantitative estimate of drug-likeness (QED) is 0.794. The van der Waals surface area contributed by atoms with Crippen LogP contribution in [-0.2, 0) is 9.47 Å². The highest BCUT2D eigenvalue weighted by molar-refractivity contribution is 9.11. The number of anilines is 1. The fourth-order valence-corrected chi connectivity index (χ4v) is 4.23. The predicted octanol–water partition coefficient (Wildman–Crippen LogP) is 4.35. The number of rotatable bonds is 2. The summed E-state index contributed by atoms with van der Waals surface area (Å²) in [6.07, 6.45) is 4.17. The molecule has 0 aliphatic carbocycles. The van der Waals surface area contributed by atoms with Crippen LogP contribution in [0.4, 0.5) is 5.69 Å². The van der Waals surface area contributed by atoms with E-state index in [4.69, 9.17) is 9.47 Å². The monoisotopic (exact) mass is 403 g/mol. The fourth-order valence-electron chi connectivity index (χ4n) is 3.07. The van der Waals surface area contributed by atoms with E-state index in [-0.39, 0.29) is 5.60 Å². The van der Waals surface area contributed by atoms with Crippen LogP contribution in [0, 0.1) is 0 Å². The molecule has 2 aliphatic heterocycles. The Bertz CT molecular complexity index is 469. The lowest BCUT2D eigenvalue weighted by Crippen LogP contribution is -2.47. The number of ether oxygens (including phenoxy) is 2. The zero-order chi connectivity index (χ0) is 14.0. The van der Waals surface area contributed by atoms with E-state index >= 15 is 0 Å². The second-order valence-electron chi connectivity index (χ2n) is 5.60. The first-order valence-corrected chi connectivity index (χ1v) is 8.69. The third-order valence-corrected chi connectivity index (χ3v) is 5.34. The van der Waals surface area contributed by atoms with Crippen molar-refractivity contribution in [2.75, 3.05) is 25.1 Å². The smallest absolute Gasteiger partial charge is 0.0745 e. The molecule has 1 aromatic rings. The van der Waals surface area contributed by atoms with Crippen molar-refractivity contribution >= 4 is 37.5 Å². The number of nitrogens with one attached hydrogen (secondary N) is 1. The van der Waals surface area contributed by atoms with Crippen LogP contribution < -0.4 is 5.32 Å². The summed E-state index contributed by atoms with van der Waals surface area (Å²) in [5.41, 5.74) is 1.19. The second kappa shape index (κ2) is 6.34. The van der Waals surface area contributed by atoms with Gasteiger partial charge in [-0.3, -0.25) is 0 Å². The molecule has 2 aliphatic rings. The summed E-state index contributed by atoms with van der Waals surface area (Å²) < 4.78 is 13.7. The maximum atomic E-state index is 6.08. The Morgan fingerprint density at radius 1 is 1.15 bits per heavy atom. The first-order valence-electron chi connectivity index (χ1n) is 7.10. The third kappa shape index (κ3) is 3.38. The van der Waals surface area contributed by atoms with Crippen molar-refractivity contribution in [3.8, 4) is 0 Å². The summed E-state index contributed by atoms with van der Waals surface area (Å²) in [6, 6.07) is 6.72. The summed E-state index contributed by atoms with van der Waals surface area (Å²) >= 11 is 7.10. The molecule has 1 spiro atoms. The van der Waals surface area contributed by atoms with Gasteiger partial charge < -0.3 is 14.8 Å². The Morgan fingerprint density at radius 2 is 1.95 bits per heavy atom. The van der Waals surface area contributed by atoms with Crippen LogP contribution in [0.15, 0.2) is 27.1 Å². The van der Waals surface area contributed by atoms with Crippen molar-refractivity contribution in [3.63, 3.8) is 0 Å². The molecule has 0 saturated carbocycles. The number of hydrogen-bond donors (Lipinski definition) is 1. The molecule has 1 N–H and O–H groups in total. The van der Waals surface area contributed by atoms with Gasteiger partial charge in [-0.25, -0.2) is 0 Å². The van der Waals surface area contributed by atoms with Crippen LogP contribution >= 0.6 is 31.9 Å². The summed E-state index contributed by atoms with van der Waals surface area (Å²) in [5, 5.41) is 3.66. The average Bonchev–Trinajstić information content (AvgIpc) is 2.43. The van der Waals surface area contributed by atoms with Crippen LogP contribution in [0.2, 0.25) is 0 Å². The number of halogens is 2.